The second kappa shape index (κ2) is 5.67. The Morgan fingerprint density at radius 3 is 3.06 bits per heavy atom. The highest BCUT2D eigenvalue weighted by molar-refractivity contribution is 5.45. The molecule has 1 aliphatic rings. The summed E-state index contributed by atoms with van der Waals surface area (Å²) in [5.41, 5.74) is 1.49. The number of anilines is 1. The molecule has 1 aromatic heterocycles. The van der Waals surface area contributed by atoms with Gasteiger partial charge in [-0.2, -0.15) is 5.26 Å². The normalized spacial score (nSPS) is 24.0. The van der Waals surface area contributed by atoms with E-state index in [2.05, 4.69) is 23.3 Å². The Morgan fingerprint density at radius 1 is 1.47 bits per heavy atom. The summed E-state index contributed by atoms with van der Waals surface area (Å²) >= 11 is 0. The van der Waals surface area contributed by atoms with E-state index in [1.54, 1.807) is 6.20 Å². The molecule has 0 bridgehead atoms. The summed E-state index contributed by atoms with van der Waals surface area (Å²) in [6.07, 6.45) is 7.10. The van der Waals surface area contributed by atoms with Gasteiger partial charge in [-0.1, -0.05) is 26.2 Å². The first kappa shape index (κ1) is 11.9. The molecule has 1 fully saturated rings. The Bertz CT molecular complexity index is 408. The lowest BCUT2D eigenvalue weighted by atomic mass is 9.80. The molecule has 2 atom stereocenters. The molecule has 17 heavy (non-hydrogen) atoms. The smallest absolute Gasteiger partial charge is 0.142 e. The number of nitriles is 1. The van der Waals surface area contributed by atoms with E-state index in [1.165, 1.54) is 25.7 Å². The predicted molar refractivity (Wildman–Crippen MR) is 68.6 cm³/mol. The van der Waals surface area contributed by atoms with Crippen LogP contribution in [0.25, 0.3) is 0 Å². The molecule has 0 aliphatic heterocycles. The van der Waals surface area contributed by atoms with Gasteiger partial charge in [-0.25, -0.2) is 4.98 Å². The zero-order valence-electron chi connectivity index (χ0n) is 10.3. The van der Waals surface area contributed by atoms with Crippen LogP contribution >= 0.6 is 0 Å². The Labute approximate surface area is 103 Å². The van der Waals surface area contributed by atoms with Gasteiger partial charge in [0, 0.05) is 18.4 Å². The molecular formula is C14H19N3. The van der Waals surface area contributed by atoms with Crippen molar-refractivity contribution >= 4 is 5.69 Å². The van der Waals surface area contributed by atoms with Crippen LogP contribution in [-0.2, 0) is 0 Å². The molecular weight excluding hydrogens is 210 g/mol. The van der Waals surface area contributed by atoms with Gasteiger partial charge in [0.1, 0.15) is 11.8 Å². The van der Waals surface area contributed by atoms with Crippen LogP contribution in [0.1, 0.15) is 38.3 Å². The third-order valence-electron chi connectivity index (χ3n) is 3.73. The quantitative estimate of drug-likeness (QED) is 0.866. The van der Waals surface area contributed by atoms with Crippen molar-refractivity contribution in [2.45, 2.75) is 32.6 Å². The molecule has 0 amide bonds. The van der Waals surface area contributed by atoms with Crippen molar-refractivity contribution in [3.63, 3.8) is 0 Å². The van der Waals surface area contributed by atoms with Gasteiger partial charge < -0.3 is 5.32 Å². The van der Waals surface area contributed by atoms with Crippen LogP contribution < -0.4 is 5.32 Å². The Balaban J connectivity index is 1.90. The standard InChI is InChI=1S/C14H19N3/c1-11-4-2-3-5-12(11)10-17-13-6-7-16-14(8-13)9-15/h6-8,11-12H,2-5,10H2,1H3,(H,16,17). The zero-order valence-corrected chi connectivity index (χ0v) is 10.3. The zero-order chi connectivity index (χ0) is 12.1. The van der Waals surface area contributed by atoms with Crippen LogP contribution in [0.3, 0.4) is 0 Å². The average molecular weight is 229 g/mol. The molecule has 0 spiro atoms. The van der Waals surface area contributed by atoms with Gasteiger partial charge >= 0.3 is 0 Å². The van der Waals surface area contributed by atoms with Crippen molar-refractivity contribution in [2.24, 2.45) is 11.8 Å². The fourth-order valence-electron chi connectivity index (χ4n) is 2.55. The second-order valence-corrected chi connectivity index (χ2v) is 4.94. The Kier molecular flexibility index (Phi) is 3.98. The van der Waals surface area contributed by atoms with Gasteiger partial charge in [0.15, 0.2) is 0 Å². The summed E-state index contributed by atoms with van der Waals surface area (Å²) in [5.74, 6) is 1.58. The summed E-state index contributed by atoms with van der Waals surface area (Å²) in [4.78, 5) is 3.97. The Morgan fingerprint density at radius 2 is 2.29 bits per heavy atom. The van der Waals surface area contributed by atoms with Crippen LogP contribution in [0.4, 0.5) is 5.69 Å². The maximum Gasteiger partial charge on any atom is 0.142 e. The summed E-state index contributed by atoms with van der Waals surface area (Å²) < 4.78 is 0. The molecule has 0 radical (unpaired) electrons. The number of hydrogen-bond acceptors (Lipinski definition) is 3. The van der Waals surface area contributed by atoms with Gasteiger partial charge in [-0.15, -0.1) is 0 Å². The number of nitrogens with zero attached hydrogens (tertiary/aromatic N) is 2. The lowest BCUT2D eigenvalue weighted by Crippen LogP contribution is -2.24. The Hall–Kier alpha value is -1.56. The van der Waals surface area contributed by atoms with E-state index in [0.717, 1.165) is 24.1 Å². The predicted octanol–water partition coefficient (Wildman–Crippen LogP) is 3.19. The minimum Gasteiger partial charge on any atom is -0.385 e. The minimum absolute atomic E-state index is 0.478. The van der Waals surface area contributed by atoms with Crippen LogP contribution in [0, 0.1) is 23.2 Å². The van der Waals surface area contributed by atoms with E-state index in [-0.39, 0.29) is 0 Å². The topological polar surface area (TPSA) is 48.7 Å². The molecule has 3 heteroatoms. The monoisotopic (exact) mass is 229 g/mol. The first-order chi connectivity index (χ1) is 8.29. The summed E-state index contributed by atoms with van der Waals surface area (Å²) in [7, 11) is 0. The van der Waals surface area contributed by atoms with E-state index in [9.17, 15) is 0 Å². The number of nitrogens with one attached hydrogen (secondary N) is 1. The molecule has 0 aromatic carbocycles. The number of pyridine rings is 1. The lowest BCUT2D eigenvalue weighted by Gasteiger charge is -2.29. The van der Waals surface area contributed by atoms with Crippen molar-refractivity contribution in [1.29, 1.82) is 5.26 Å². The SMILES string of the molecule is CC1CCCCC1CNc1ccnc(C#N)c1. The average Bonchev–Trinajstić information content (AvgIpc) is 2.38. The molecule has 0 saturated heterocycles. The van der Waals surface area contributed by atoms with E-state index >= 15 is 0 Å². The van der Waals surface area contributed by atoms with Crippen LogP contribution in [0.2, 0.25) is 0 Å². The molecule has 3 nitrogen and oxygen atoms in total. The van der Waals surface area contributed by atoms with Crippen LogP contribution in [0.15, 0.2) is 18.3 Å². The molecule has 90 valence electrons. The fourth-order valence-corrected chi connectivity index (χ4v) is 2.55. The van der Waals surface area contributed by atoms with Gasteiger partial charge in [0.2, 0.25) is 0 Å². The number of aromatic nitrogens is 1. The number of hydrogen-bond donors (Lipinski definition) is 1. The number of rotatable bonds is 3. The van der Waals surface area contributed by atoms with Crippen LogP contribution in [-0.4, -0.2) is 11.5 Å². The first-order valence-electron chi connectivity index (χ1n) is 6.39. The van der Waals surface area contributed by atoms with Gasteiger partial charge in [-0.3, -0.25) is 0 Å². The highest BCUT2D eigenvalue weighted by Gasteiger charge is 2.20. The van der Waals surface area contributed by atoms with Gasteiger partial charge in [-0.05, 0) is 30.4 Å². The fraction of sp³-hybridized carbons (Fsp3) is 0.571. The second-order valence-electron chi connectivity index (χ2n) is 4.94. The van der Waals surface area contributed by atoms with Gasteiger partial charge in [0.05, 0.1) is 0 Å². The highest BCUT2D eigenvalue weighted by atomic mass is 14.9. The van der Waals surface area contributed by atoms with Gasteiger partial charge in [0.25, 0.3) is 0 Å². The highest BCUT2D eigenvalue weighted by Crippen LogP contribution is 2.29. The van der Waals surface area contributed by atoms with Crippen molar-refractivity contribution in [3.8, 4) is 6.07 Å². The van der Waals surface area contributed by atoms with Crippen LogP contribution in [0.5, 0.6) is 0 Å². The first-order valence-corrected chi connectivity index (χ1v) is 6.39. The minimum atomic E-state index is 0.478. The van der Waals surface area contributed by atoms with E-state index in [0.29, 0.717) is 5.69 Å². The summed E-state index contributed by atoms with van der Waals surface area (Å²) in [5, 5.41) is 12.2. The lowest BCUT2D eigenvalue weighted by molar-refractivity contribution is 0.268. The van der Waals surface area contributed by atoms with Crippen molar-refractivity contribution in [3.05, 3.63) is 24.0 Å². The molecule has 1 heterocycles. The third-order valence-corrected chi connectivity index (χ3v) is 3.73. The summed E-state index contributed by atoms with van der Waals surface area (Å²) in [6, 6.07) is 5.80. The van der Waals surface area contributed by atoms with Crippen molar-refractivity contribution in [1.82, 2.24) is 4.98 Å². The molecule has 2 rings (SSSR count). The molecule has 1 N–H and O–H groups in total. The summed E-state index contributed by atoms with van der Waals surface area (Å²) in [6.45, 7) is 3.36. The molecule has 2 unspecified atom stereocenters. The van der Waals surface area contributed by atoms with Crippen molar-refractivity contribution < 1.29 is 0 Å². The maximum atomic E-state index is 8.78. The maximum absolute atomic E-state index is 8.78. The molecule has 1 aromatic rings. The largest absolute Gasteiger partial charge is 0.385 e. The van der Waals surface area contributed by atoms with E-state index < -0.39 is 0 Å². The molecule has 1 aliphatic carbocycles. The third kappa shape index (κ3) is 3.20. The van der Waals surface area contributed by atoms with E-state index in [4.69, 9.17) is 5.26 Å². The van der Waals surface area contributed by atoms with Crippen molar-refractivity contribution in [2.75, 3.05) is 11.9 Å². The molecule has 1 saturated carbocycles. The van der Waals surface area contributed by atoms with E-state index in [1.807, 2.05) is 12.1 Å².